The normalized spacial score (nSPS) is 51.1. The fourth-order valence-corrected chi connectivity index (χ4v) is 5.94. The van der Waals surface area contributed by atoms with E-state index in [1.54, 1.807) is 0 Å². The quantitative estimate of drug-likeness (QED) is 0.774. The molecule has 0 aliphatic heterocycles. The molecule has 0 amide bonds. The highest BCUT2D eigenvalue weighted by molar-refractivity contribution is 5.11. The third kappa shape index (κ3) is 2.82. The first-order valence-electron chi connectivity index (χ1n) is 8.92. The second-order valence-corrected chi connectivity index (χ2v) is 8.65. The fraction of sp³-hybridized carbons (Fsp3) is 0.895. The summed E-state index contributed by atoms with van der Waals surface area (Å²) in [5.41, 5.74) is -0.241. The van der Waals surface area contributed by atoms with E-state index in [-0.39, 0.29) is 6.10 Å². The maximum atomic E-state index is 10.4. The van der Waals surface area contributed by atoms with Crippen LogP contribution in [0.15, 0.2) is 12.2 Å². The zero-order chi connectivity index (χ0) is 15.3. The van der Waals surface area contributed by atoms with E-state index in [0.717, 1.165) is 18.8 Å². The van der Waals surface area contributed by atoms with Crippen LogP contribution in [-0.2, 0) is 0 Å². The third-order valence-corrected chi connectivity index (χ3v) is 6.93. The highest BCUT2D eigenvalue weighted by Crippen LogP contribution is 2.58. The lowest BCUT2D eigenvalue weighted by atomic mass is 9.61. The topological polar surface area (TPSA) is 40.5 Å². The minimum absolute atomic E-state index is 0.0620. The molecular weight excluding hydrogens is 260 g/mol. The van der Waals surface area contributed by atoms with Crippen molar-refractivity contribution in [2.75, 3.05) is 0 Å². The summed E-state index contributed by atoms with van der Waals surface area (Å²) < 4.78 is 0. The molecule has 0 bridgehead atoms. The van der Waals surface area contributed by atoms with Crippen molar-refractivity contribution in [3.05, 3.63) is 12.2 Å². The highest BCUT2D eigenvalue weighted by Gasteiger charge is 2.52. The van der Waals surface area contributed by atoms with Crippen LogP contribution >= 0.6 is 0 Å². The number of fused-ring (bicyclic) bond motifs is 1. The van der Waals surface area contributed by atoms with Crippen molar-refractivity contribution in [3.63, 3.8) is 0 Å². The van der Waals surface area contributed by atoms with Gasteiger partial charge in [0.2, 0.25) is 0 Å². The van der Waals surface area contributed by atoms with Crippen molar-refractivity contribution in [1.82, 2.24) is 0 Å². The van der Waals surface area contributed by atoms with Gasteiger partial charge in [-0.15, -0.1) is 0 Å². The Bertz CT molecular complexity index is 414. The standard InChI is InChI=1S/C19H32O2/c1-13(11-14-8-10-18(2,21)12-14)15-6-7-16-17(20)5-4-9-19(15,16)3/h8,10,13-17,20-21H,4-7,9,11-12H2,1-3H3/t13-,14+,15-,16?,17?,18+,19+/m1/s1. The molecular formula is C19H32O2. The van der Waals surface area contributed by atoms with E-state index in [4.69, 9.17) is 0 Å². The van der Waals surface area contributed by atoms with Crippen molar-refractivity contribution >= 4 is 0 Å². The van der Waals surface area contributed by atoms with Crippen LogP contribution in [0.1, 0.15) is 65.7 Å². The van der Waals surface area contributed by atoms with E-state index in [0.29, 0.717) is 23.2 Å². The predicted octanol–water partition coefficient (Wildman–Crippen LogP) is 3.92. The first-order valence-corrected chi connectivity index (χ1v) is 8.92. The molecule has 2 heteroatoms. The molecule has 21 heavy (non-hydrogen) atoms. The highest BCUT2D eigenvalue weighted by atomic mass is 16.3. The summed E-state index contributed by atoms with van der Waals surface area (Å²) in [5, 5.41) is 20.4. The summed E-state index contributed by atoms with van der Waals surface area (Å²) in [4.78, 5) is 0. The molecule has 0 saturated heterocycles. The van der Waals surface area contributed by atoms with Crippen molar-refractivity contribution in [2.45, 2.75) is 77.4 Å². The number of hydrogen-bond donors (Lipinski definition) is 2. The molecule has 0 aromatic carbocycles. The van der Waals surface area contributed by atoms with Crippen molar-refractivity contribution in [3.8, 4) is 0 Å². The van der Waals surface area contributed by atoms with Crippen molar-refractivity contribution in [1.29, 1.82) is 0 Å². The number of aliphatic hydroxyl groups is 2. The lowest BCUT2D eigenvalue weighted by Gasteiger charge is -2.45. The molecule has 2 saturated carbocycles. The third-order valence-electron chi connectivity index (χ3n) is 6.93. The molecule has 2 nitrogen and oxygen atoms in total. The molecule has 3 rings (SSSR count). The predicted molar refractivity (Wildman–Crippen MR) is 85.8 cm³/mol. The second-order valence-electron chi connectivity index (χ2n) is 8.65. The molecule has 7 atom stereocenters. The maximum Gasteiger partial charge on any atom is 0.0805 e. The first kappa shape index (κ1) is 15.6. The van der Waals surface area contributed by atoms with E-state index in [2.05, 4.69) is 19.9 Å². The Morgan fingerprint density at radius 1 is 1.24 bits per heavy atom. The van der Waals surface area contributed by atoms with Crippen LogP contribution in [0.5, 0.6) is 0 Å². The van der Waals surface area contributed by atoms with E-state index in [1.165, 1.54) is 32.1 Å². The summed E-state index contributed by atoms with van der Waals surface area (Å²) >= 11 is 0. The van der Waals surface area contributed by atoms with Crippen LogP contribution < -0.4 is 0 Å². The van der Waals surface area contributed by atoms with Gasteiger partial charge in [0.25, 0.3) is 0 Å². The summed E-state index contributed by atoms with van der Waals surface area (Å²) in [7, 11) is 0. The molecule has 0 aromatic rings. The van der Waals surface area contributed by atoms with Crippen LogP contribution in [-0.4, -0.2) is 21.9 Å². The van der Waals surface area contributed by atoms with Gasteiger partial charge in [-0.05, 0) is 74.5 Å². The molecule has 0 spiro atoms. The van der Waals surface area contributed by atoms with Gasteiger partial charge in [-0.1, -0.05) is 32.4 Å². The molecule has 0 aromatic heterocycles. The lowest BCUT2D eigenvalue weighted by molar-refractivity contribution is -0.0289. The Kier molecular flexibility index (Phi) is 3.99. The summed E-state index contributed by atoms with van der Waals surface area (Å²) in [6.07, 6.45) is 12.2. The average molecular weight is 292 g/mol. The number of hydrogen-bond acceptors (Lipinski definition) is 2. The van der Waals surface area contributed by atoms with Crippen molar-refractivity contribution < 1.29 is 10.2 Å². The Hall–Kier alpha value is -0.340. The van der Waals surface area contributed by atoms with E-state index >= 15 is 0 Å². The molecule has 2 N–H and O–H groups in total. The van der Waals surface area contributed by atoms with Crippen LogP contribution in [0.4, 0.5) is 0 Å². The van der Waals surface area contributed by atoms with Crippen LogP contribution in [0.2, 0.25) is 0 Å². The Morgan fingerprint density at radius 2 is 2.00 bits per heavy atom. The largest absolute Gasteiger partial charge is 0.393 e. The van der Waals surface area contributed by atoms with Gasteiger partial charge in [-0.3, -0.25) is 0 Å². The number of aliphatic hydroxyl groups excluding tert-OH is 1. The fourth-order valence-electron chi connectivity index (χ4n) is 5.94. The minimum Gasteiger partial charge on any atom is -0.393 e. The minimum atomic E-state index is -0.590. The second kappa shape index (κ2) is 5.38. The van der Waals surface area contributed by atoms with E-state index in [9.17, 15) is 10.2 Å². The van der Waals surface area contributed by atoms with Gasteiger partial charge in [-0.2, -0.15) is 0 Å². The smallest absolute Gasteiger partial charge is 0.0805 e. The molecule has 3 aliphatic rings. The number of rotatable bonds is 3. The molecule has 0 heterocycles. The SMILES string of the molecule is C[C@H](C[C@@H]1C=C[C@](C)(O)C1)[C@H]1CCC2C(O)CCC[C@]21C. The molecule has 3 aliphatic carbocycles. The van der Waals surface area contributed by atoms with Gasteiger partial charge >= 0.3 is 0 Å². The maximum absolute atomic E-state index is 10.4. The lowest BCUT2D eigenvalue weighted by Crippen LogP contribution is -2.41. The Balaban J connectivity index is 1.65. The van der Waals surface area contributed by atoms with Crippen LogP contribution in [0, 0.1) is 29.1 Å². The summed E-state index contributed by atoms with van der Waals surface area (Å²) in [5.74, 6) is 2.50. The molecule has 2 fully saturated rings. The summed E-state index contributed by atoms with van der Waals surface area (Å²) in [6, 6.07) is 0. The molecule has 0 radical (unpaired) electrons. The summed E-state index contributed by atoms with van der Waals surface area (Å²) in [6.45, 7) is 6.76. The van der Waals surface area contributed by atoms with Crippen LogP contribution in [0.25, 0.3) is 0 Å². The molecule has 120 valence electrons. The monoisotopic (exact) mass is 292 g/mol. The Labute approximate surface area is 129 Å². The zero-order valence-electron chi connectivity index (χ0n) is 13.9. The van der Waals surface area contributed by atoms with Gasteiger partial charge < -0.3 is 10.2 Å². The van der Waals surface area contributed by atoms with Gasteiger partial charge in [-0.25, -0.2) is 0 Å². The van der Waals surface area contributed by atoms with E-state index in [1.807, 2.05) is 13.0 Å². The van der Waals surface area contributed by atoms with Gasteiger partial charge in [0.15, 0.2) is 0 Å². The average Bonchev–Trinajstić information content (AvgIpc) is 2.90. The number of allylic oxidation sites excluding steroid dienone is 1. The van der Waals surface area contributed by atoms with Gasteiger partial charge in [0.1, 0.15) is 0 Å². The first-order chi connectivity index (χ1) is 9.82. The van der Waals surface area contributed by atoms with Crippen LogP contribution in [0.3, 0.4) is 0 Å². The van der Waals surface area contributed by atoms with E-state index < -0.39 is 5.60 Å². The molecule has 2 unspecified atom stereocenters. The van der Waals surface area contributed by atoms with Gasteiger partial charge in [0.05, 0.1) is 11.7 Å². The van der Waals surface area contributed by atoms with Crippen molar-refractivity contribution in [2.24, 2.45) is 29.1 Å². The van der Waals surface area contributed by atoms with Gasteiger partial charge in [0, 0.05) is 0 Å². The Morgan fingerprint density at radius 3 is 2.67 bits per heavy atom. The zero-order valence-corrected chi connectivity index (χ0v) is 13.9.